The molecule has 19 heavy (non-hydrogen) atoms. The van der Waals surface area contributed by atoms with Crippen molar-refractivity contribution < 1.29 is 13.2 Å². The van der Waals surface area contributed by atoms with Gasteiger partial charge in [-0.25, -0.2) is 13.1 Å². The minimum atomic E-state index is -3.59. The lowest BCUT2D eigenvalue weighted by Crippen LogP contribution is -2.45. The van der Waals surface area contributed by atoms with Crippen LogP contribution in [-0.4, -0.2) is 52.7 Å². The minimum Gasteiger partial charge on any atom is -0.374 e. The van der Waals surface area contributed by atoms with Crippen molar-refractivity contribution in [3.63, 3.8) is 0 Å². The van der Waals surface area contributed by atoms with Crippen LogP contribution in [0.3, 0.4) is 0 Å². The van der Waals surface area contributed by atoms with E-state index in [-0.39, 0.29) is 22.6 Å². The summed E-state index contributed by atoms with van der Waals surface area (Å²) in [6.07, 6.45) is -0.129. The third kappa shape index (κ3) is 3.90. The van der Waals surface area contributed by atoms with Gasteiger partial charge < -0.3 is 9.64 Å². The Kier molecular flexibility index (Phi) is 4.81. The molecule has 7 heteroatoms. The molecule has 0 bridgehead atoms. The van der Waals surface area contributed by atoms with Gasteiger partial charge in [0.25, 0.3) is 0 Å². The fourth-order valence-electron chi connectivity index (χ4n) is 1.93. The summed E-state index contributed by atoms with van der Waals surface area (Å²) in [4.78, 5) is 2.21. The van der Waals surface area contributed by atoms with Crippen LogP contribution in [0, 0.1) is 0 Å². The first kappa shape index (κ1) is 14.7. The molecule has 1 aliphatic rings. The van der Waals surface area contributed by atoms with Crippen LogP contribution in [0.1, 0.15) is 0 Å². The van der Waals surface area contributed by atoms with Gasteiger partial charge in [-0.3, -0.25) is 0 Å². The second-order valence-corrected chi connectivity index (χ2v) is 6.68. The first-order chi connectivity index (χ1) is 8.99. The quantitative estimate of drug-likeness (QED) is 0.900. The minimum absolute atomic E-state index is 0.0980. The Morgan fingerprint density at radius 2 is 2.21 bits per heavy atom. The molecule has 1 aliphatic heterocycles. The Morgan fingerprint density at radius 1 is 1.47 bits per heavy atom. The van der Waals surface area contributed by atoms with Crippen LogP contribution < -0.4 is 4.72 Å². The van der Waals surface area contributed by atoms with Gasteiger partial charge in [0, 0.05) is 19.6 Å². The van der Waals surface area contributed by atoms with Gasteiger partial charge in [0.1, 0.15) is 4.90 Å². The Hall–Kier alpha value is -0.660. The molecule has 0 saturated carbocycles. The van der Waals surface area contributed by atoms with Crippen molar-refractivity contribution >= 4 is 21.6 Å². The van der Waals surface area contributed by atoms with Crippen molar-refractivity contribution in [2.45, 2.75) is 11.0 Å². The molecular formula is C12H17ClN2O3S. The predicted molar refractivity (Wildman–Crippen MR) is 73.9 cm³/mol. The fourth-order valence-corrected chi connectivity index (χ4v) is 3.52. The summed E-state index contributed by atoms with van der Waals surface area (Å²) in [5, 5.41) is 0.219. The molecule has 1 fully saturated rings. The number of sulfonamides is 1. The van der Waals surface area contributed by atoms with Gasteiger partial charge >= 0.3 is 0 Å². The lowest BCUT2D eigenvalue weighted by Gasteiger charge is -2.30. The van der Waals surface area contributed by atoms with Gasteiger partial charge in [-0.2, -0.15) is 0 Å². The molecule has 1 aromatic carbocycles. The number of nitrogens with zero attached hydrogens (tertiary/aromatic N) is 1. The fraction of sp³-hybridized carbons (Fsp3) is 0.500. The highest BCUT2D eigenvalue weighted by Gasteiger charge is 2.22. The molecule has 0 aromatic heterocycles. The van der Waals surface area contributed by atoms with E-state index in [2.05, 4.69) is 9.62 Å². The summed E-state index contributed by atoms with van der Waals surface area (Å²) < 4.78 is 32.3. The van der Waals surface area contributed by atoms with Crippen molar-refractivity contribution in [1.82, 2.24) is 9.62 Å². The van der Waals surface area contributed by atoms with E-state index >= 15 is 0 Å². The lowest BCUT2D eigenvalue weighted by atomic mass is 10.3. The maximum Gasteiger partial charge on any atom is 0.242 e. The maximum absolute atomic E-state index is 12.1. The maximum atomic E-state index is 12.1. The molecule has 1 aromatic rings. The summed E-state index contributed by atoms with van der Waals surface area (Å²) in [6, 6.07) is 6.38. The van der Waals surface area contributed by atoms with Crippen LogP contribution in [0.25, 0.3) is 0 Å². The molecule has 1 heterocycles. The third-order valence-corrected chi connectivity index (χ3v) is 4.89. The number of nitrogens with one attached hydrogen (secondary N) is 1. The van der Waals surface area contributed by atoms with Crippen LogP contribution in [0.5, 0.6) is 0 Å². The lowest BCUT2D eigenvalue weighted by molar-refractivity contribution is -0.0156. The molecule has 5 nitrogen and oxygen atoms in total. The molecule has 0 radical (unpaired) electrons. The topological polar surface area (TPSA) is 58.6 Å². The number of hydrogen-bond acceptors (Lipinski definition) is 4. The van der Waals surface area contributed by atoms with Crippen molar-refractivity contribution in [1.29, 1.82) is 0 Å². The average molecular weight is 305 g/mol. The van der Waals surface area contributed by atoms with E-state index in [0.29, 0.717) is 13.2 Å². The van der Waals surface area contributed by atoms with E-state index in [1.54, 1.807) is 18.2 Å². The first-order valence-corrected chi connectivity index (χ1v) is 7.89. The van der Waals surface area contributed by atoms with Gasteiger partial charge in [-0.05, 0) is 19.2 Å². The van der Waals surface area contributed by atoms with Crippen LogP contribution in [0.2, 0.25) is 5.02 Å². The largest absolute Gasteiger partial charge is 0.374 e. The smallest absolute Gasteiger partial charge is 0.242 e. The monoisotopic (exact) mass is 304 g/mol. The number of hydrogen-bond donors (Lipinski definition) is 1. The zero-order valence-electron chi connectivity index (χ0n) is 10.7. The van der Waals surface area contributed by atoms with E-state index in [4.69, 9.17) is 16.3 Å². The molecule has 1 saturated heterocycles. The summed E-state index contributed by atoms with van der Waals surface area (Å²) >= 11 is 5.89. The van der Waals surface area contributed by atoms with E-state index in [9.17, 15) is 8.42 Å². The highest BCUT2D eigenvalue weighted by atomic mass is 35.5. The summed E-state index contributed by atoms with van der Waals surface area (Å²) in [7, 11) is -1.60. The molecule has 1 N–H and O–H groups in total. The van der Waals surface area contributed by atoms with Gasteiger partial charge in [0.05, 0.1) is 17.7 Å². The molecule has 1 unspecified atom stereocenters. The van der Waals surface area contributed by atoms with Crippen LogP contribution in [0.15, 0.2) is 29.2 Å². The highest BCUT2D eigenvalue weighted by Crippen LogP contribution is 2.20. The first-order valence-electron chi connectivity index (χ1n) is 6.03. The number of morpholine rings is 1. The molecular weight excluding hydrogens is 288 g/mol. The number of likely N-dealkylation sites (N-methyl/N-ethyl adjacent to an activating group) is 1. The number of ether oxygens (including phenoxy) is 1. The number of benzene rings is 1. The molecule has 2 rings (SSSR count). The third-order valence-electron chi connectivity index (χ3n) is 2.97. The number of halogens is 1. The SMILES string of the molecule is CN1CCOC(CNS(=O)(=O)c2ccccc2Cl)C1. The summed E-state index contributed by atoms with van der Waals surface area (Å²) in [5.41, 5.74) is 0. The average Bonchev–Trinajstić information content (AvgIpc) is 2.37. The second kappa shape index (κ2) is 6.19. The van der Waals surface area contributed by atoms with Crippen molar-refractivity contribution in [2.75, 3.05) is 33.3 Å². The van der Waals surface area contributed by atoms with E-state index in [1.807, 2.05) is 7.05 Å². The van der Waals surface area contributed by atoms with Crippen LogP contribution in [0.4, 0.5) is 0 Å². The Labute approximate surface area is 118 Å². The normalized spacial score (nSPS) is 21.5. The molecule has 0 amide bonds. The Morgan fingerprint density at radius 3 is 2.89 bits per heavy atom. The second-order valence-electron chi connectivity index (χ2n) is 4.54. The highest BCUT2D eigenvalue weighted by molar-refractivity contribution is 7.89. The van der Waals surface area contributed by atoms with Gasteiger partial charge in [-0.15, -0.1) is 0 Å². The zero-order chi connectivity index (χ0) is 13.9. The molecule has 1 atom stereocenters. The van der Waals surface area contributed by atoms with Gasteiger partial charge in [0.2, 0.25) is 10.0 Å². The number of rotatable bonds is 4. The van der Waals surface area contributed by atoms with E-state index in [0.717, 1.165) is 6.54 Å². The molecule has 0 aliphatic carbocycles. The zero-order valence-corrected chi connectivity index (χ0v) is 12.2. The Balaban J connectivity index is 2.00. The van der Waals surface area contributed by atoms with Crippen LogP contribution in [-0.2, 0) is 14.8 Å². The van der Waals surface area contributed by atoms with Crippen LogP contribution >= 0.6 is 11.6 Å². The van der Waals surface area contributed by atoms with E-state index in [1.165, 1.54) is 6.07 Å². The van der Waals surface area contributed by atoms with Crippen molar-refractivity contribution in [2.24, 2.45) is 0 Å². The van der Waals surface area contributed by atoms with E-state index < -0.39 is 10.0 Å². The summed E-state index contributed by atoms with van der Waals surface area (Å²) in [6.45, 7) is 2.45. The molecule has 0 spiro atoms. The Bertz CT molecular complexity index is 536. The van der Waals surface area contributed by atoms with Crippen molar-refractivity contribution in [3.05, 3.63) is 29.3 Å². The predicted octanol–water partition coefficient (Wildman–Crippen LogP) is 0.949. The van der Waals surface area contributed by atoms with Crippen molar-refractivity contribution in [3.8, 4) is 0 Å². The van der Waals surface area contributed by atoms with Gasteiger partial charge in [0.15, 0.2) is 0 Å². The molecule has 106 valence electrons. The summed E-state index contributed by atoms with van der Waals surface area (Å²) in [5.74, 6) is 0. The standard InChI is InChI=1S/C12H17ClN2O3S/c1-15-6-7-18-10(9-15)8-14-19(16,17)12-5-3-2-4-11(12)13/h2-5,10,14H,6-9H2,1H3. The van der Waals surface area contributed by atoms with Gasteiger partial charge in [-0.1, -0.05) is 23.7 Å².